The van der Waals surface area contributed by atoms with E-state index < -0.39 is 0 Å². The Morgan fingerprint density at radius 1 is 1.18 bits per heavy atom. The Morgan fingerprint density at radius 3 is 2.41 bits per heavy atom. The van der Waals surface area contributed by atoms with Crippen molar-refractivity contribution in [3.63, 3.8) is 0 Å². The molecule has 0 unspecified atom stereocenters. The monoisotopic (exact) mass is 234 g/mol. The van der Waals surface area contributed by atoms with Crippen molar-refractivity contribution >= 4 is 0 Å². The number of likely N-dealkylation sites (tertiary alicyclic amines) is 1. The molecule has 1 aliphatic rings. The second kappa shape index (κ2) is 5.58. The lowest BCUT2D eigenvalue weighted by molar-refractivity contribution is 0.110. The molecule has 4 N–H and O–H groups in total. The van der Waals surface area contributed by atoms with Gasteiger partial charge in [0, 0.05) is 12.7 Å². The molecular weight excluding hydrogens is 212 g/mol. The van der Waals surface area contributed by atoms with Gasteiger partial charge in [-0.2, -0.15) is 0 Å². The average Bonchev–Trinajstić information content (AvgIpc) is 2.41. The lowest BCUT2D eigenvalue weighted by Crippen LogP contribution is -2.47. The van der Waals surface area contributed by atoms with E-state index in [0.717, 1.165) is 38.2 Å². The Morgan fingerprint density at radius 2 is 1.88 bits per heavy atom. The molecule has 1 fully saturated rings. The molecule has 1 aromatic heterocycles. The third kappa shape index (κ3) is 3.03. The van der Waals surface area contributed by atoms with Gasteiger partial charge in [-0.15, -0.1) is 0 Å². The molecule has 0 radical (unpaired) electrons. The molecule has 0 aliphatic carbocycles. The third-order valence-electron chi connectivity index (χ3n) is 3.89. The first kappa shape index (κ1) is 12.5. The Bertz CT molecular complexity index is 325. The quantitative estimate of drug-likeness (QED) is 0.799. The number of piperidine rings is 1. The molecule has 0 saturated carbocycles. The zero-order valence-electron chi connectivity index (χ0n) is 10.3. The summed E-state index contributed by atoms with van der Waals surface area (Å²) in [5.41, 5.74) is 13.0. The summed E-state index contributed by atoms with van der Waals surface area (Å²) in [6.07, 6.45) is 4.06. The summed E-state index contributed by atoms with van der Waals surface area (Å²) in [5.74, 6) is 0. The Hall–Kier alpha value is -0.970. The van der Waals surface area contributed by atoms with Crippen molar-refractivity contribution in [2.45, 2.75) is 19.4 Å². The summed E-state index contributed by atoms with van der Waals surface area (Å²) in [6.45, 7) is 4.50. The molecular formula is C13H22N4. The SMILES string of the molecule is NCC1(CN)CCN(Cc2ccccn2)CC1. The molecule has 2 rings (SSSR count). The van der Waals surface area contributed by atoms with Crippen molar-refractivity contribution in [1.82, 2.24) is 9.88 Å². The minimum absolute atomic E-state index is 0.181. The molecule has 4 nitrogen and oxygen atoms in total. The van der Waals surface area contributed by atoms with Gasteiger partial charge in [-0.3, -0.25) is 9.88 Å². The van der Waals surface area contributed by atoms with Gasteiger partial charge in [-0.05, 0) is 56.6 Å². The van der Waals surface area contributed by atoms with Crippen molar-refractivity contribution in [2.24, 2.45) is 16.9 Å². The highest BCUT2D eigenvalue weighted by molar-refractivity contribution is 5.03. The summed E-state index contributed by atoms with van der Waals surface area (Å²) in [7, 11) is 0. The second-order valence-electron chi connectivity index (χ2n) is 5.01. The van der Waals surface area contributed by atoms with Crippen LogP contribution in [-0.4, -0.2) is 36.1 Å². The molecule has 0 amide bonds. The molecule has 0 atom stereocenters. The normalized spacial score (nSPS) is 20.4. The van der Waals surface area contributed by atoms with Gasteiger partial charge in [0.2, 0.25) is 0 Å². The highest BCUT2D eigenvalue weighted by Gasteiger charge is 2.31. The van der Waals surface area contributed by atoms with E-state index in [9.17, 15) is 0 Å². The first-order valence-corrected chi connectivity index (χ1v) is 6.30. The molecule has 0 spiro atoms. The number of pyridine rings is 1. The molecule has 0 aromatic carbocycles. The molecule has 0 bridgehead atoms. The lowest BCUT2D eigenvalue weighted by Gasteiger charge is -2.40. The smallest absolute Gasteiger partial charge is 0.0543 e. The predicted octanol–water partition coefficient (Wildman–Crippen LogP) is 0.581. The van der Waals surface area contributed by atoms with Gasteiger partial charge in [0.25, 0.3) is 0 Å². The fourth-order valence-electron chi connectivity index (χ4n) is 2.40. The van der Waals surface area contributed by atoms with Crippen LogP contribution in [0.4, 0.5) is 0 Å². The van der Waals surface area contributed by atoms with E-state index in [2.05, 4.69) is 16.0 Å². The first-order chi connectivity index (χ1) is 8.28. The molecule has 1 aromatic rings. The van der Waals surface area contributed by atoms with Crippen molar-refractivity contribution in [1.29, 1.82) is 0 Å². The number of rotatable bonds is 4. The van der Waals surface area contributed by atoms with E-state index in [1.807, 2.05) is 18.3 Å². The largest absolute Gasteiger partial charge is 0.330 e. The summed E-state index contributed by atoms with van der Waals surface area (Å²) in [5, 5.41) is 0. The van der Waals surface area contributed by atoms with Gasteiger partial charge < -0.3 is 11.5 Å². The Balaban J connectivity index is 1.87. The van der Waals surface area contributed by atoms with Crippen LogP contribution < -0.4 is 11.5 Å². The number of hydrogen-bond acceptors (Lipinski definition) is 4. The highest BCUT2D eigenvalue weighted by Crippen LogP contribution is 2.29. The van der Waals surface area contributed by atoms with Crippen LogP contribution in [0, 0.1) is 5.41 Å². The van der Waals surface area contributed by atoms with Gasteiger partial charge in [-0.25, -0.2) is 0 Å². The fraction of sp³-hybridized carbons (Fsp3) is 0.615. The Kier molecular flexibility index (Phi) is 4.10. The number of aromatic nitrogens is 1. The molecule has 4 heteroatoms. The molecule has 17 heavy (non-hydrogen) atoms. The number of hydrogen-bond donors (Lipinski definition) is 2. The van der Waals surface area contributed by atoms with Gasteiger partial charge in [0.1, 0.15) is 0 Å². The fourth-order valence-corrected chi connectivity index (χ4v) is 2.40. The van der Waals surface area contributed by atoms with Crippen molar-refractivity contribution in [3.8, 4) is 0 Å². The summed E-state index contributed by atoms with van der Waals surface area (Å²) >= 11 is 0. The molecule has 1 saturated heterocycles. The van der Waals surface area contributed by atoms with Crippen LogP contribution in [0.15, 0.2) is 24.4 Å². The minimum atomic E-state index is 0.181. The van der Waals surface area contributed by atoms with Gasteiger partial charge in [0.15, 0.2) is 0 Å². The highest BCUT2D eigenvalue weighted by atomic mass is 15.1. The third-order valence-corrected chi connectivity index (χ3v) is 3.89. The maximum atomic E-state index is 5.84. The molecule has 1 aliphatic heterocycles. The first-order valence-electron chi connectivity index (χ1n) is 6.30. The number of nitrogens with two attached hydrogens (primary N) is 2. The zero-order valence-corrected chi connectivity index (χ0v) is 10.3. The minimum Gasteiger partial charge on any atom is -0.330 e. The zero-order chi connectivity index (χ0) is 12.1. The summed E-state index contributed by atoms with van der Waals surface area (Å²) in [4.78, 5) is 6.79. The van der Waals surface area contributed by atoms with Crippen LogP contribution in [0.2, 0.25) is 0 Å². The van der Waals surface area contributed by atoms with Gasteiger partial charge in [-0.1, -0.05) is 6.07 Å². The van der Waals surface area contributed by atoms with Crippen molar-refractivity contribution in [3.05, 3.63) is 30.1 Å². The van der Waals surface area contributed by atoms with E-state index in [-0.39, 0.29) is 5.41 Å². The van der Waals surface area contributed by atoms with Gasteiger partial charge >= 0.3 is 0 Å². The molecule has 94 valence electrons. The lowest BCUT2D eigenvalue weighted by atomic mass is 9.78. The average molecular weight is 234 g/mol. The van der Waals surface area contributed by atoms with Crippen LogP contribution >= 0.6 is 0 Å². The number of nitrogens with zero attached hydrogens (tertiary/aromatic N) is 2. The van der Waals surface area contributed by atoms with Crippen molar-refractivity contribution in [2.75, 3.05) is 26.2 Å². The van der Waals surface area contributed by atoms with Crippen LogP contribution in [0.25, 0.3) is 0 Å². The van der Waals surface area contributed by atoms with Crippen LogP contribution in [-0.2, 0) is 6.54 Å². The van der Waals surface area contributed by atoms with Crippen LogP contribution in [0.3, 0.4) is 0 Å². The van der Waals surface area contributed by atoms with E-state index >= 15 is 0 Å². The van der Waals surface area contributed by atoms with E-state index in [0.29, 0.717) is 13.1 Å². The molecule has 2 heterocycles. The summed E-state index contributed by atoms with van der Waals surface area (Å²) in [6, 6.07) is 6.07. The topological polar surface area (TPSA) is 68.2 Å². The van der Waals surface area contributed by atoms with Crippen LogP contribution in [0.5, 0.6) is 0 Å². The standard InChI is InChI=1S/C13H22N4/c14-10-13(11-15)4-7-17(8-5-13)9-12-3-1-2-6-16-12/h1-3,6H,4-5,7-11,14-15H2. The van der Waals surface area contributed by atoms with E-state index in [1.165, 1.54) is 0 Å². The second-order valence-corrected chi connectivity index (χ2v) is 5.01. The summed E-state index contributed by atoms with van der Waals surface area (Å²) < 4.78 is 0. The predicted molar refractivity (Wildman–Crippen MR) is 69.3 cm³/mol. The van der Waals surface area contributed by atoms with Crippen molar-refractivity contribution < 1.29 is 0 Å². The maximum absolute atomic E-state index is 5.84. The van der Waals surface area contributed by atoms with E-state index in [4.69, 9.17) is 11.5 Å². The maximum Gasteiger partial charge on any atom is 0.0543 e. The van der Waals surface area contributed by atoms with Gasteiger partial charge in [0.05, 0.1) is 5.69 Å². The van der Waals surface area contributed by atoms with Crippen LogP contribution in [0.1, 0.15) is 18.5 Å². The van der Waals surface area contributed by atoms with E-state index in [1.54, 1.807) is 0 Å². The Labute approximate surface area is 103 Å².